The van der Waals surface area contributed by atoms with Crippen LogP contribution in [0.3, 0.4) is 0 Å². The molecule has 1 N–H and O–H groups in total. The predicted octanol–water partition coefficient (Wildman–Crippen LogP) is 3.39. The summed E-state index contributed by atoms with van der Waals surface area (Å²) in [7, 11) is 0. The molecule has 0 fully saturated rings. The largest absolute Gasteiger partial charge is 0.323 e. The van der Waals surface area contributed by atoms with Crippen LogP contribution in [0.15, 0.2) is 12.3 Å². The maximum atomic E-state index is 4.52. The lowest BCUT2D eigenvalue weighted by molar-refractivity contribution is 0.488. The highest BCUT2D eigenvalue weighted by atomic mass is 15.3. The van der Waals surface area contributed by atoms with Crippen LogP contribution in [0.1, 0.15) is 37.4 Å². The van der Waals surface area contributed by atoms with E-state index in [1.165, 1.54) is 0 Å². The molecule has 0 spiro atoms. The smallest absolute Gasteiger partial charge is 0.153 e. The zero-order chi connectivity index (χ0) is 14.7. The van der Waals surface area contributed by atoms with E-state index in [0.29, 0.717) is 5.92 Å². The van der Waals surface area contributed by atoms with E-state index in [9.17, 15) is 0 Å². The lowest BCUT2D eigenvalue weighted by Gasteiger charge is -2.09. The normalized spacial score (nSPS) is 11.1. The maximum absolute atomic E-state index is 4.52. The molecule has 0 saturated carbocycles. The Hall–Kier alpha value is -1.91. The molecule has 2 aromatic heterocycles. The van der Waals surface area contributed by atoms with Gasteiger partial charge in [-0.25, -0.2) is 9.97 Å². The first kappa shape index (κ1) is 14.5. The van der Waals surface area contributed by atoms with Crippen molar-refractivity contribution in [3.8, 4) is 0 Å². The van der Waals surface area contributed by atoms with Crippen LogP contribution in [0.2, 0.25) is 0 Å². The molecule has 0 unspecified atom stereocenters. The molecule has 0 radical (unpaired) electrons. The average molecular weight is 273 g/mol. The summed E-state index contributed by atoms with van der Waals surface area (Å²) in [5.41, 5.74) is 2.06. The fraction of sp³-hybridized carbons (Fsp3) is 0.533. The van der Waals surface area contributed by atoms with Crippen molar-refractivity contribution in [1.82, 2.24) is 19.7 Å². The van der Waals surface area contributed by atoms with Crippen LogP contribution in [-0.4, -0.2) is 19.7 Å². The minimum absolute atomic E-state index is 0.685. The van der Waals surface area contributed by atoms with Crippen molar-refractivity contribution in [2.45, 2.75) is 47.6 Å². The van der Waals surface area contributed by atoms with E-state index >= 15 is 0 Å². The van der Waals surface area contributed by atoms with Gasteiger partial charge in [0.1, 0.15) is 11.6 Å². The van der Waals surface area contributed by atoms with Gasteiger partial charge in [0.15, 0.2) is 5.82 Å². The Labute approximate surface area is 120 Å². The first-order valence-corrected chi connectivity index (χ1v) is 7.08. The van der Waals surface area contributed by atoms with Gasteiger partial charge in [-0.1, -0.05) is 13.8 Å². The molecule has 5 heteroatoms. The lowest BCUT2D eigenvalue weighted by atomic mass is 10.1. The van der Waals surface area contributed by atoms with E-state index in [1.807, 2.05) is 37.7 Å². The summed E-state index contributed by atoms with van der Waals surface area (Å²) in [6.07, 6.45) is 3.13. The van der Waals surface area contributed by atoms with E-state index in [2.05, 4.69) is 34.2 Å². The van der Waals surface area contributed by atoms with Gasteiger partial charge in [0, 0.05) is 30.1 Å². The molecule has 0 saturated heterocycles. The van der Waals surface area contributed by atoms with Crippen LogP contribution in [-0.2, 0) is 6.54 Å². The summed E-state index contributed by atoms with van der Waals surface area (Å²) in [6, 6.07) is 1.98. The highest BCUT2D eigenvalue weighted by Gasteiger charge is 2.08. The van der Waals surface area contributed by atoms with Crippen molar-refractivity contribution in [3.05, 3.63) is 29.3 Å². The second-order valence-corrected chi connectivity index (χ2v) is 5.60. The van der Waals surface area contributed by atoms with Gasteiger partial charge in [0.05, 0.1) is 0 Å². The zero-order valence-corrected chi connectivity index (χ0v) is 12.9. The topological polar surface area (TPSA) is 55.6 Å². The number of nitrogens with zero attached hydrogens (tertiary/aromatic N) is 4. The number of nitrogens with one attached hydrogen (secondary N) is 1. The molecule has 0 aliphatic carbocycles. The summed E-state index contributed by atoms with van der Waals surface area (Å²) in [5, 5.41) is 7.80. The Bertz CT molecular complexity index is 586. The minimum Gasteiger partial charge on any atom is -0.323 e. The molecule has 0 aromatic carbocycles. The van der Waals surface area contributed by atoms with E-state index in [0.717, 1.165) is 41.7 Å². The van der Waals surface area contributed by atoms with Crippen LogP contribution < -0.4 is 5.32 Å². The van der Waals surface area contributed by atoms with Crippen LogP contribution in [0.25, 0.3) is 0 Å². The Morgan fingerprint density at radius 2 is 1.95 bits per heavy atom. The van der Waals surface area contributed by atoms with Crippen molar-refractivity contribution >= 4 is 11.6 Å². The van der Waals surface area contributed by atoms with E-state index in [1.54, 1.807) is 0 Å². The Kier molecular flexibility index (Phi) is 4.37. The van der Waals surface area contributed by atoms with Crippen molar-refractivity contribution in [2.24, 2.45) is 5.92 Å². The Morgan fingerprint density at radius 3 is 2.65 bits per heavy atom. The molecule has 0 aliphatic heterocycles. The highest BCUT2D eigenvalue weighted by molar-refractivity contribution is 5.56. The van der Waals surface area contributed by atoms with Gasteiger partial charge in [0.2, 0.25) is 0 Å². The number of hydrogen-bond donors (Lipinski definition) is 1. The van der Waals surface area contributed by atoms with Gasteiger partial charge in [-0.05, 0) is 33.1 Å². The fourth-order valence-corrected chi connectivity index (χ4v) is 1.95. The third-order valence-electron chi connectivity index (χ3n) is 3.32. The van der Waals surface area contributed by atoms with Crippen LogP contribution in [0.4, 0.5) is 11.6 Å². The molecule has 2 rings (SSSR count). The van der Waals surface area contributed by atoms with Gasteiger partial charge in [-0.3, -0.25) is 4.68 Å². The van der Waals surface area contributed by atoms with Crippen LogP contribution in [0, 0.1) is 26.7 Å². The standard InChI is InChI=1S/C15H23N5/c1-10(2)6-8-20-9-7-14(19-20)18-15-11(3)12(4)16-13(5)17-15/h7,9-10H,6,8H2,1-5H3,(H,16,17,18,19). The highest BCUT2D eigenvalue weighted by Crippen LogP contribution is 2.19. The quantitative estimate of drug-likeness (QED) is 0.907. The summed E-state index contributed by atoms with van der Waals surface area (Å²) < 4.78 is 1.97. The Balaban J connectivity index is 2.11. The second kappa shape index (κ2) is 6.03. The van der Waals surface area contributed by atoms with Crippen molar-refractivity contribution in [1.29, 1.82) is 0 Å². The van der Waals surface area contributed by atoms with Crippen LogP contribution in [0.5, 0.6) is 0 Å². The zero-order valence-electron chi connectivity index (χ0n) is 12.9. The maximum Gasteiger partial charge on any atom is 0.153 e. The van der Waals surface area contributed by atoms with Gasteiger partial charge in [-0.15, -0.1) is 0 Å². The Morgan fingerprint density at radius 1 is 1.20 bits per heavy atom. The number of anilines is 2. The third kappa shape index (κ3) is 3.56. The molecule has 2 aromatic rings. The summed E-state index contributed by atoms with van der Waals surface area (Å²) in [6.45, 7) is 11.3. The molecule has 108 valence electrons. The van der Waals surface area contributed by atoms with Gasteiger partial charge in [0.25, 0.3) is 0 Å². The van der Waals surface area contributed by atoms with Crippen molar-refractivity contribution in [3.63, 3.8) is 0 Å². The minimum atomic E-state index is 0.685. The van der Waals surface area contributed by atoms with E-state index in [-0.39, 0.29) is 0 Å². The fourth-order valence-electron chi connectivity index (χ4n) is 1.95. The first-order valence-electron chi connectivity index (χ1n) is 7.08. The van der Waals surface area contributed by atoms with Crippen LogP contribution >= 0.6 is 0 Å². The van der Waals surface area contributed by atoms with Gasteiger partial charge >= 0.3 is 0 Å². The molecule has 0 amide bonds. The monoisotopic (exact) mass is 273 g/mol. The lowest BCUT2D eigenvalue weighted by Crippen LogP contribution is -2.05. The van der Waals surface area contributed by atoms with Crippen molar-refractivity contribution in [2.75, 3.05) is 5.32 Å². The summed E-state index contributed by atoms with van der Waals surface area (Å²) >= 11 is 0. The second-order valence-electron chi connectivity index (χ2n) is 5.60. The number of rotatable bonds is 5. The third-order valence-corrected chi connectivity index (χ3v) is 3.32. The molecule has 20 heavy (non-hydrogen) atoms. The van der Waals surface area contributed by atoms with E-state index < -0.39 is 0 Å². The first-order chi connectivity index (χ1) is 9.45. The molecular formula is C15H23N5. The molecule has 0 bridgehead atoms. The summed E-state index contributed by atoms with van der Waals surface area (Å²) in [5.74, 6) is 3.12. The number of hydrogen-bond acceptors (Lipinski definition) is 4. The van der Waals surface area contributed by atoms with Crippen molar-refractivity contribution < 1.29 is 0 Å². The predicted molar refractivity (Wildman–Crippen MR) is 81.2 cm³/mol. The number of aromatic nitrogens is 4. The molecule has 5 nitrogen and oxygen atoms in total. The molecular weight excluding hydrogens is 250 g/mol. The SMILES string of the molecule is Cc1nc(C)c(C)c(Nc2ccn(CCC(C)C)n2)n1. The van der Waals surface area contributed by atoms with Gasteiger partial charge < -0.3 is 5.32 Å². The molecule has 2 heterocycles. The van der Waals surface area contributed by atoms with E-state index in [4.69, 9.17) is 0 Å². The average Bonchev–Trinajstić information content (AvgIpc) is 2.80. The molecule has 0 aliphatic rings. The number of aryl methyl sites for hydroxylation is 3. The summed E-state index contributed by atoms with van der Waals surface area (Å²) in [4.78, 5) is 8.79. The van der Waals surface area contributed by atoms with Gasteiger partial charge in [-0.2, -0.15) is 5.10 Å². The molecule has 0 atom stereocenters.